The number of hydrogen-bond donors (Lipinski definition) is 2. The number of halogens is 5. The minimum absolute atomic E-state index is 0.381. The molecule has 22 heavy (non-hydrogen) atoms. The predicted octanol–water partition coefficient (Wildman–Crippen LogP) is 4.45. The summed E-state index contributed by atoms with van der Waals surface area (Å²) in [5.74, 6) is -12.6. The summed E-state index contributed by atoms with van der Waals surface area (Å²) in [5.41, 5.74) is -0.886. The van der Waals surface area contributed by atoms with Crippen LogP contribution in [0.2, 0.25) is 0 Å². The molecule has 0 radical (unpaired) electrons. The number of nitrogens with zero attached hydrogens (tertiary/aromatic N) is 1. The van der Waals surface area contributed by atoms with Crippen molar-refractivity contribution in [2.75, 3.05) is 0 Å². The van der Waals surface area contributed by atoms with Gasteiger partial charge in [-0.15, -0.1) is 0 Å². The van der Waals surface area contributed by atoms with E-state index in [0.29, 0.717) is 12.8 Å². The summed E-state index contributed by atoms with van der Waals surface area (Å²) in [4.78, 5) is 3.51. The van der Waals surface area contributed by atoms with E-state index in [1.807, 2.05) is 0 Å². The van der Waals surface area contributed by atoms with Crippen molar-refractivity contribution in [3.63, 3.8) is 0 Å². The minimum atomic E-state index is -2.22. The van der Waals surface area contributed by atoms with Crippen LogP contribution in [0.4, 0.5) is 27.6 Å². The van der Waals surface area contributed by atoms with Crippen molar-refractivity contribution in [1.29, 1.82) is 0 Å². The van der Waals surface area contributed by atoms with Crippen LogP contribution in [0.15, 0.2) is 4.99 Å². The Kier molecular flexibility index (Phi) is 4.20. The van der Waals surface area contributed by atoms with Gasteiger partial charge in [-0.05, 0) is 6.42 Å². The molecule has 8 heteroatoms. The summed E-state index contributed by atoms with van der Waals surface area (Å²) in [5, 5.41) is 16.9. The Morgan fingerprint density at radius 1 is 0.818 bits per heavy atom. The second-order valence-electron chi connectivity index (χ2n) is 4.47. The first-order valence-electron chi connectivity index (χ1n) is 6.24. The highest BCUT2D eigenvalue weighted by Crippen LogP contribution is 2.46. The maximum Gasteiger partial charge on any atom is 0.198 e. The van der Waals surface area contributed by atoms with Gasteiger partial charge in [-0.2, -0.15) is 0 Å². The van der Waals surface area contributed by atoms with E-state index >= 15 is 0 Å². The zero-order chi connectivity index (χ0) is 16.6. The normalized spacial score (nSPS) is 11.7. The van der Waals surface area contributed by atoms with Gasteiger partial charge >= 0.3 is 0 Å². The molecule has 0 saturated heterocycles. The molecule has 0 aliphatic rings. The van der Waals surface area contributed by atoms with Gasteiger partial charge < -0.3 is 10.2 Å². The fourth-order valence-corrected chi connectivity index (χ4v) is 1.92. The van der Waals surface area contributed by atoms with E-state index in [4.69, 9.17) is 0 Å². The third-order valence-corrected chi connectivity index (χ3v) is 3.02. The van der Waals surface area contributed by atoms with Crippen LogP contribution in [0.25, 0.3) is 10.8 Å². The van der Waals surface area contributed by atoms with Gasteiger partial charge in [0.05, 0.1) is 10.8 Å². The van der Waals surface area contributed by atoms with Crippen molar-refractivity contribution in [3.05, 3.63) is 29.1 Å². The van der Waals surface area contributed by atoms with Gasteiger partial charge in [-0.1, -0.05) is 13.3 Å². The Morgan fingerprint density at radius 3 is 1.82 bits per heavy atom. The number of phenolic OH excluding ortho intramolecular Hbond substituents is 2. The lowest BCUT2D eigenvalue weighted by Crippen LogP contribution is -2.00. The third kappa shape index (κ3) is 2.24. The molecule has 0 amide bonds. The maximum atomic E-state index is 13.9. The van der Waals surface area contributed by atoms with Crippen LogP contribution in [-0.4, -0.2) is 16.4 Å². The van der Waals surface area contributed by atoms with Gasteiger partial charge in [-0.3, -0.25) is 4.99 Å². The summed E-state index contributed by atoms with van der Waals surface area (Å²) >= 11 is 0. The average molecular weight is 319 g/mol. The molecule has 2 rings (SSSR count). The molecule has 3 nitrogen and oxygen atoms in total. The number of phenols is 2. The zero-order valence-corrected chi connectivity index (χ0v) is 11.2. The van der Waals surface area contributed by atoms with Gasteiger partial charge in [0.15, 0.2) is 40.6 Å². The Bertz CT molecular complexity index is 789. The lowest BCUT2D eigenvalue weighted by atomic mass is 10.0. The molecule has 0 unspecified atom stereocenters. The molecule has 0 aliphatic heterocycles. The quantitative estimate of drug-likeness (QED) is 0.289. The number of unbranched alkanes of at least 4 members (excludes halogenated alkanes) is 1. The average Bonchev–Trinajstić information content (AvgIpc) is 2.50. The molecule has 0 atom stereocenters. The van der Waals surface area contributed by atoms with Gasteiger partial charge in [0.25, 0.3) is 0 Å². The summed E-state index contributed by atoms with van der Waals surface area (Å²) in [7, 11) is 0. The lowest BCUT2D eigenvalue weighted by molar-refractivity contribution is 0.402. The highest BCUT2D eigenvalue weighted by atomic mass is 19.2. The Labute approximate surface area is 121 Å². The second-order valence-corrected chi connectivity index (χ2v) is 4.47. The Hall–Kier alpha value is -2.38. The van der Waals surface area contributed by atoms with Crippen molar-refractivity contribution in [3.8, 4) is 11.5 Å². The molecule has 0 saturated carbocycles. The van der Waals surface area contributed by atoms with Crippen molar-refractivity contribution in [1.82, 2.24) is 0 Å². The lowest BCUT2D eigenvalue weighted by Gasteiger charge is -2.11. The predicted molar refractivity (Wildman–Crippen MR) is 70.1 cm³/mol. The molecule has 118 valence electrons. The van der Waals surface area contributed by atoms with Crippen LogP contribution in [-0.2, 0) is 0 Å². The van der Waals surface area contributed by atoms with E-state index < -0.39 is 57.0 Å². The highest BCUT2D eigenvalue weighted by Gasteiger charge is 2.29. The van der Waals surface area contributed by atoms with E-state index in [1.165, 1.54) is 6.21 Å². The third-order valence-electron chi connectivity index (χ3n) is 3.02. The zero-order valence-electron chi connectivity index (χ0n) is 11.2. The standard InChI is InChI=1S/C14H10F5NO2/c1-2-3-4-20-12-11(19)13(21)5-6(14(12)22)8(16)10(18)9(17)7(5)15/h4,21-22H,2-3H2,1H3. The van der Waals surface area contributed by atoms with Crippen molar-refractivity contribution < 1.29 is 32.2 Å². The van der Waals surface area contributed by atoms with E-state index in [2.05, 4.69) is 4.99 Å². The molecule has 0 spiro atoms. The van der Waals surface area contributed by atoms with Gasteiger partial charge in [0, 0.05) is 6.21 Å². The molecule has 0 bridgehead atoms. The molecule has 2 N–H and O–H groups in total. The Balaban J connectivity index is 2.94. The number of aliphatic imine (C=N–C) groups is 1. The first-order valence-corrected chi connectivity index (χ1v) is 6.24. The van der Waals surface area contributed by atoms with E-state index in [1.54, 1.807) is 6.92 Å². The summed E-state index contributed by atoms with van der Waals surface area (Å²) in [6.45, 7) is 1.79. The van der Waals surface area contributed by atoms with Crippen LogP contribution >= 0.6 is 0 Å². The monoisotopic (exact) mass is 319 g/mol. The number of hydrogen-bond acceptors (Lipinski definition) is 3. The number of benzene rings is 2. The second kappa shape index (κ2) is 5.78. The molecule has 0 fully saturated rings. The molecule has 2 aromatic rings. The van der Waals surface area contributed by atoms with E-state index in [0.717, 1.165) is 0 Å². The minimum Gasteiger partial charge on any atom is -0.505 e. The SMILES string of the molecule is CCCC=Nc1c(F)c(O)c2c(F)c(F)c(F)c(F)c2c1O. The summed E-state index contributed by atoms with van der Waals surface area (Å²) < 4.78 is 67.8. The van der Waals surface area contributed by atoms with Crippen LogP contribution in [0, 0.1) is 29.1 Å². The molecule has 0 aliphatic carbocycles. The van der Waals surface area contributed by atoms with Crippen LogP contribution in [0.3, 0.4) is 0 Å². The summed E-state index contributed by atoms with van der Waals surface area (Å²) in [6.07, 6.45) is 2.19. The smallest absolute Gasteiger partial charge is 0.198 e. The molecular formula is C14H10F5NO2. The first kappa shape index (κ1) is 16.0. The van der Waals surface area contributed by atoms with Gasteiger partial charge in [0.1, 0.15) is 5.69 Å². The van der Waals surface area contributed by atoms with Crippen LogP contribution in [0.5, 0.6) is 11.5 Å². The van der Waals surface area contributed by atoms with Gasteiger partial charge in [-0.25, -0.2) is 22.0 Å². The molecule has 0 aromatic heterocycles. The maximum absolute atomic E-state index is 13.9. The fourth-order valence-electron chi connectivity index (χ4n) is 1.92. The topological polar surface area (TPSA) is 52.8 Å². The van der Waals surface area contributed by atoms with Crippen molar-refractivity contribution in [2.45, 2.75) is 19.8 Å². The van der Waals surface area contributed by atoms with Gasteiger partial charge in [0.2, 0.25) is 0 Å². The number of fused-ring (bicyclic) bond motifs is 1. The molecule has 2 aromatic carbocycles. The first-order chi connectivity index (χ1) is 10.3. The van der Waals surface area contributed by atoms with E-state index in [-0.39, 0.29) is 0 Å². The highest BCUT2D eigenvalue weighted by molar-refractivity contribution is 5.98. The Morgan fingerprint density at radius 2 is 1.32 bits per heavy atom. The van der Waals surface area contributed by atoms with Crippen molar-refractivity contribution in [2.24, 2.45) is 4.99 Å². The van der Waals surface area contributed by atoms with Crippen molar-refractivity contribution >= 4 is 22.7 Å². The number of aromatic hydroxyl groups is 2. The van der Waals surface area contributed by atoms with E-state index in [9.17, 15) is 32.2 Å². The summed E-state index contributed by atoms with van der Waals surface area (Å²) in [6, 6.07) is 0. The van der Waals surface area contributed by atoms with Crippen LogP contribution < -0.4 is 0 Å². The fraction of sp³-hybridized carbons (Fsp3) is 0.214. The molecule has 0 heterocycles. The molecular weight excluding hydrogens is 309 g/mol. The largest absolute Gasteiger partial charge is 0.505 e. The number of rotatable bonds is 3. The van der Waals surface area contributed by atoms with Crippen LogP contribution in [0.1, 0.15) is 19.8 Å².